The SMILES string of the molecule is CC1NCCN(C(=O)CN2C(=O)CSc3ccccc32)C1C.Cl. The maximum Gasteiger partial charge on any atom is 0.242 e. The summed E-state index contributed by atoms with van der Waals surface area (Å²) < 4.78 is 0. The van der Waals surface area contributed by atoms with Crippen LogP contribution in [0.1, 0.15) is 13.8 Å². The lowest BCUT2D eigenvalue weighted by Crippen LogP contribution is -2.59. The molecule has 1 aromatic rings. The summed E-state index contributed by atoms with van der Waals surface area (Å²) in [5, 5.41) is 3.37. The van der Waals surface area contributed by atoms with E-state index >= 15 is 0 Å². The Morgan fingerprint density at radius 1 is 1.35 bits per heavy atom. The van der Waals surface area contributed by atoms with Crippen molar-refractivity contribution < 1.29 is 9.59 Å². The van der Waals surface area contributed by atoms with E-state index in [9.17, 15) is 9.59 Å². The van der Waals surface area contributed by atoms with Gasteiger partial charge in [0.1, 0.15) is 6.54 Å². The molecule has 1 N–H and O–H groups in total. The van der Waals surface area contributed by atoms with Gasteiger partial charge >= 0.3 is 0 Å². The average molecular weight is 356 g/mol. The number of nitrogens with one attached hydrogen (secondary N) is 1. The maximum atomic E-state index is 12.7. The van der Waals surface area contributed by atoms with Crippen LogP contribution in [0.25, 0.3) is 0 Å². The summed E-state index contributed by atoms with van der Waals surface area (Å²) in [4.78, 5) is 29.5. The smallest absolute Gasteiger partial charge is 0.242 e. The number of para-hydroxylation sites is 1. The van der Waals surface area contributed by atoms with Gasteiger partial charge in [-0.05, 0) is 26.0 Å². The van der Waals surface area contributed by atoms with E-state index in [0.29, 0.717) is 12.3 Å². The average Bonchev–Trinajstić information content (AvgIpc) is 2.52. The Morgan fingerprint density at radius 3 is 2.87 bits per heavy atom. The van der Waals surface area contributed by atoms with Crippen LogP contribution in [-0.2, 0) is 9.59 Å². The zero-order valence-electron chi connectivity index (χ0n) is 13.3. The van der Waals surface area contributed by atoms with Crippen LogP contribution in [0, 0.1) is 0 Å². The number of piperazine rings is 1. The first-order valence-electron chi connectivity index (χ1n) is 7.63. The molecule has 0 aromatic heterocycles. The molecule has 3 rings (SSSR count). The minimum absolute atomic E-state index is 0. The largest absolute Gasteiger partial charge is 0.336 e. The highest BCUT2D eigenvalue weighted by Gasteiger charge is 2.32. The second kappa shape index (κ2) is 7.55. The number of fused-ring (bicyclic) bond motifs is 1. The van der Waals surface area contributed by atoms with E-state index in [1.54, 1.807) is 4.90 Å². The Hall–Kier alpha value is -1.24. The number of halogens is 1. The lowest BCUT2D eigenvalue weighted by atomic mass is 10.1. The number of carbonyl (C=O) groups excluding carboxylic acids is 2. The van der Waals surface area contributed by atoms with Gasteiger partial charge in [-0.3, -0.25) is 9.59 Å². The van der Waals surface area contributed by atoms with E-state index in [2.05, 4.69) is 19.2 Å². The molecular weight excluding hydrogens is 334 g/mol. The standard InChI is InChI=1S/C16H21N3O2S.ClH/c1-11-12(2)18(8-7-17-11)15(20)9-19-13-5-3-4-6-14(13)22-10-16(19)21;/h3-6,11-12,17H,7-10H2,1-2H3;1H. The van der Waals surface area contributed by atoms with Crippen molar-refractivity contribution in [2.24, 2.45) is 0 Å². The number of carbonyl (C=O) groups is 2. The van der Waals surface area contributed by atoms with Crippen LogP contribution < -0.4 is 10.2 Å². The van der Waals surface area contributed by atoms with Crippen LogP contribution >= 0.6 is 24.2 Å². The monoisotopic (exact) mass is 355 g/mol. The third-order valence-electron chi connectivity index (χ3n) is 4.46. The molecule has 2 aliphatic heterocycles. The van der Waals surface area contributed by atoms with Crippen molar-refractivity contribution >= 4 is 41.7 Å². The molecular formula is C16H22ClN3O2S. The molecule has 0 spiro atoms. The fourth-order valence-corrected chi connectivity index (χ4v) is 3.90. The summed E-state index contributed by atoms with van der Waals surface area (Å²) in [7, 11) is 0. The summed E-state index contributed by atoms with van der Waals surface area (Å²) >= 11 is 1.54. The molecule has 5 nitrogen and oxygen atoms in total. The van der Waals surface area contributed by atoms with Crippen molar-refractivity contribution in [2.75, 3.05) is 30.3 Å². The molecule has 1 fully saturated rings. The van der Waals surface area contributed by atoms with Gasteiger partial charge in [-0.2, -0.15) is 0 Å². The van der Waals surface area contributed by atoms with Crippen molar-refractivity contribution in [1.82, 2.24) is 10.2 Å². The zero-order valence-corrected chi connectivity index (χ0v) is 15.0. The van der Waals surface area contributed by atoms with Crippen LogP contribution in [0.4, 0.5) is 5.69 Å². The molecule has 2 atom stereocenters. The van der Waals surface area contributed by atoms with Gasteiger partial charge in [-0.25, -0.2) is 0 Å². The molecule has 2 heterocycles. The van der Waals surface area contributed by atoms with Gasteiger partial charge in [0.2, 0.25) is 11.8 Å². The number of hydrogen-bond acceptors (Lipinski definition) is 4. The van der Waals surface area contributed by atoms with Crippen LogP contribution in [0.2, 0.25) is 0 Å². The molecule has 126 valence electrons. The summed E-state index contributed by atoms with van der Waals surface area (Å²) in [6, 6.07) is 8.20. The molecule has 0 bridgehead atoms. The highest BCUT2D eigenvalue weighted by atomic mass is 35.5. The molecule has 0 radical (unpaired) electrons. The van der Waals surface area contributed by atoms with Crippen LogP contribution in [0.5, 0.6) is 0 Å². The Morgan fingerprint density at radius 2 is 2.09 bits per heavy atom. The highest BCUT2D eigenvalue weighted by molar-refractivity contribution is 8.00. The first-order chi connectivity index (χ1) is 10.6. The third kappa shape index (κ3) is 3.65. The lowest BCUT2D eigenvalue weighted by Gasteiger charge is -2.40. The second-order valence-corrected chi connectivity index (χ2v) is 6.82. The molecule has 2 amide bonds. The summed E-state index contributed by atoms with van der Waals surface area (Å²) in [6.07, 6.45) is 0. The fraction of sp³-hybridized carbons (Fsp3) is 0.500. The molecule has 2 unspecified atom stereocenters. The van der Waals surface area contributed by atoms with Crippen LogP contribution in [0.15, 0.2) is 29.2 Å². The number of hydrogen-bond donors (Lipinski definition) is 1. The van der Waals surface area contributed by atoms with Gasteiger partial charge in [0.25, 0.3) is 0 Å². The van der Waals surface area contributed by atoms with Crippen molar-refractivity contribution in [3.8, 4) is 0 Å². The number of benzene rings is 1. The fourth-order valence-electron chi connectivity index (χ4n) is 2.96. The number of rotatable bonds is 2. The Kier molecular flexibility index (Phi) is 5.95. The van der Waals surface area contributed by atoms with E-state index in [0.717, 1.165) is 17.1 Å². The first kappa shape index (κ1) is 18.1. The van der Waals surface area contributed by atoms with E-state index in [1.165, 1.54) is 11.8 Å². The van der Waals surface area contributed by atoms with Gasteiger partial charge in [0.05, 0.1) is 11.4 Å². The topological polar surface area (TPSA) is 52.7 Å². The summed E-state index contributed by atoms with van der Waals surface area (Å²) in [6.45, 7) is 5.77. The van der Waals surface area contributed by atoms with Gasteiger partial charge in [0, 0.05) is 30.1 Å². The minimum Gasteiger partial charge on any atom is -0.336 e. The molecule has 23 heavy (non-hydrogen) atoms. The quantitative estimate of drug-likeness (QED) is 0.878. The van der Waals surface area contributed by atoms with Gasteiger partial charge < -0.3 is 15.1 Å². The number of amides is 2. The second-order valence-electron chi connectivity index (χ2n) is 5.81. The Labute approximate surface area is 147 Å². The third-order valence-corrected chi connectivity index (χ3v) is 5.50. The normalized spacial score (nSPS) is 24.0. The van der Waals surface area contributed by atoms with Gasteiger partial charge in [-0.1, -0.05) is 12.1 Å². The highest BCUT2D eigenvalue weighted by Crippen LogP contribution is 2.34. The van der Waals surface area contributed by atoms with Crippen LogP contribution in [-0.4, -0.2) is 54.2 Å². The maximum absolute atomic E-state index is 12.7. The molecule has 2 aliphatic rings. The van der Waals surface area contributed by atoms with Crippen molar-refractivity contribution in [1.29, 1.82) is 0 Å². The predicted octanol–water partition coefficient (Wildman–Crippen LogP) is 1.76. The van der Waals surface area contributed by atoms with Crippen molar-refractivity contribution in [3.63, 3.8) is 0 Å². The zero-order chi connectivity index (χ0) is 15.7. The molecule has 0 aliphatic carbocycles. The summed E-state index contributed by atoms with van der Waals surface area (Å²) in [5.41, 5.74) is 0.855. The van der Waals surface area contributed by atoms with Crippen molar-refractivity contribution in [3.05, 3.63) is 24.3 Å². The van der Waals surface area contributed by atoms with Crippen LogP contribution in [0.3, 0.4) is 0 Å². The van der Waals surface area contributed by atoms with Gasteiger partial charge in [0.15, 0.2) is 0 Å². The lowest BCUT2D eigenvalue weighted by molar-refractivity contribution is -0.134. The minimum atomic E-state index is 0. The van der Waals surface area contributed by atoms with E-state index < -0.39 is 0 Å². The molecule has 0 saturated carbocycles. The molecule has 1 saturated heterocycles. The molecule has 7 heteroatoms. The Bertz CT molecular complexity index is 598. The van der Waals surface area contributed by atoms with Crippen molar-refractivity contribution in [2.45, 2.75) is 30.8 Å². The number of nitrogens with zero attached hydrogens (tertiary/aromatic N) is 2. The number of anilines is 1. The first-order valence-corrected chi connectivity index (χ1v) is 8.61. The van der Waals surface area contributed by atoms with E-state index in [4.69, 9.17) is 0 Å². The number of thioether (sulfide) groups is 1. The van der Waals surface area contributed by atoms with E-state index in [-0.39, 0.29) is 42.8 Å². The van der Waals surface area contributed by atoms with E-state index in [1.807, 2.05) is 29.2 Å². The summed E-state index contributed by atoms with van der Waals surface area (Å²) in [5.74, 6) is 0.432. The molecule has 1 aromatic carbocycles. The predicted molar refractivity (Wildman–Crippen MR) is 95.4 cm³/mol. The van der Waals surface area contributed by atoms with Gasteiger partial charge in [-0.15, -0.1) is 24.2 Å². The Balaban J connectivity index is 0.00000192.